The zero-order valence-corrected chi connectivity index (χ0v) is 23.3. The second-order valence-corrected chi connectivity index (χ2v) is 11.7. The second-order valence-electron chi connectivity index (χ2n) is 11.7. The minimum absolute atomic E-state index is 0.0208. The number of ketones is 1. The molecule has 3 fully saturated rings. The van der Waals surface area contributed by atoms with Crippen molar-refractivity contribution in [1.82, 2.24) is 30.0 Å². The summed E-state index contributed by atoms with van der Waals surface area (Å²) in [6.07, 6.45) is 1.55. The molecule has 232 valence electrons. The Bertz CT molecular complexity index is 1490. The molecule has 10 nitrogen and oxygen atoms in total. The number of aromatic nitrogens is 4. The van der Waals surface area contributed by atoms with E-state index in [1.807, 2.05) is 5.32 Å². The van der Waals surface area contributed by atoms with E-state index in [2.05, 4.69) is 10.3 Å². The van der Waals surface area contributed by atoms with Gasteiger partial charge in [0.25, 0.3) is 0 Å². The maximum absolute atomic E-state index is 14.1. The van der Waals surface area contributed by atoms with Gasteiger partial charge >= 0.3 is 12.2 Å². The van der Waals surface area contributed by atoms with Crippen LogP contribution in [-0.2, 0) is 4.74 Å². The predicted octanol–water partition coefficient (Wildman–Crippen LogP) is 5.42. The second kappa shape index (κ2) is 11.1. The summed E-state index contributed by atoms with van der Waals surface area (Å²) >= 11 is 0. The number of rotatable bonds is 10. The van der Waals surface area contributed by atoms with Crippen LogP contribution in [0, 0.1) is 5.92 Å². The van der Waals surface area contributed by atoms with Crippen molar-refractivity contribution >= 4 is 17.5 Å². The van der Waals surface area contributed by atoms with Gasteiger partial charge in [-0.3, -0.25) is 4.79 Å². The molecule has 3 aliphatic rings. The normalized spacial score (nSPS) is 22.6. The maximum Gasteiger partial charge on any atom is 0.410 e. The molecule has 2 aliphatic carbocycles. The summed E-state index contributed by atoms with van der Waals surface area (Å²) in [5, 5.41) is 10.4. The fourth-order valence-corrected chi connectivity index (χ4v) is 6.20. The van der Waals surface area contributed by atoms with Crippen LogP contribution in [-0.4, -0.2) is 74.9 Å². The van der Waals surface area contributed by atoms with Crippen LogP contribution >= 0.6 is 0 Å². The number of nitrogens with zero attached hydrogens (tertiary/aromatic N) is 5. The van der Waals surface area contributed by atoms with Crippen molar-refractivity contribution in [3.05, 3.63) is 47.2 Å². The standard InChI is InChI=1S/C28H31F5N6O4/c1-42-14-21(38-12-23(28(31,32)33)36-26(38)41)17-8-24-35-20(11-39(24)34-10-17)18(15-4-6-27(29,30)7-5-15)9-22(40)19-13-43-37-25(19)16-2-3-16/h8,10-11,13,15-16,18,21,23H,2-7,9,12,14H2,1H3,(H,36,41)/t18-,21+,23-/m0/s1. The van der Waals surface area contributed by atoms with Crippen molar-refractivity contribution < 1.29 is 40.8 Å². The molecule has 2 saturated carbocycles. The number of Topliss-reactive ketones (excluding diaryl/α,β-unsaturated/α-hetero) is 1. The Morgan fingerprint density at radius 2 is 1.98 bits per heavy atom. The minimum atomic E-state index is -4.61. The number of ether oxygens (including phenoxy) is 1. The van der Waals surface area contributed by atoms with Gasteiger partial charge in [0.05, 0.1) is 48.5 Å². The summed E-state index contributed by atoms with van der Waals surface area (Å²) in [4.78, 5) is 31.7. The van der Waals surface area contributed by atoms with E-state index in [-0.39, 0.29) is 56.3 Å². The molecule has 6 rings (SSSR count). The van der Waals surface area contributed by atoms with E-state index < -0.39 is 42.7 Å². The molecule has 1 aliphatic heterocycles. The van der Waals surface area contributed by atoms with Gasteiger partial charge in [0.2, 0.25) is 5.92 Å². The lowest BCUT2D eigenvalue weighted by Crippen LogP contribution is -2.40. The first-order chi connectivity index (χ1) is 20.4. The molecule has 1 N–H and O–H groups in total. The Morgan fingerprint density at radius 1 is 1.23 bits per heavy atom. The molecule has 4 heterocycles. The number of fused-ring (bicyclic) bond motifs is 1. The molecular weight excluding hydrogens is 579 g/mol. The van der Waals surface area contributed by atoms with Crippen LogP contribution in [0.25, 0.3) is 5.65 Å². The number of hydrogen-bond donors (Lipinski definition) is 1. The highest BCUT2D eigenvalue weighted by Crippen LogP contribution is 2.45. The summed E-state index contributed by atoms with van der Waals surface area (Å²) in [7, 11) is 1.38. The van der Waals surface area contributed by atoms with Gasteiger partial charge in [-0.1, -0.05) is 5.16 Å². The van der Waals surface area contributed by atoms with Gasteiger partial charge in [-0.25, -0.2) is 23.1 Å². The number of hydrogen-bond acceptors (Lipinski definition) is 7. The van der Waals surface area contributed by atoms with Gasteiger partial charge in [0.1, 0.15) is 12.3 Å². The van der Waals surface area contributed by atoms with Crippen molar-refractivity contribution in [1.29, 1.82) is 0 Å². The van der Waals surface area contributed by atoms with E-state index in [9.17, 15) is 31.5 Å². The van der Waals surface area contributed by atoms with Crippen LogP contribution in [0.4, 0.5) is 26.7 Å². The quantitative estimate of drug-likeness (QED) is 0.241. The summed E-state index contributed by atoms with van der Waals surface area (Å²) in [6.45, 7) is -0.678. The molecule has 2 amide bonds. The molecule has 3 aromatic heterocycles. The van der Waals surface area contributed by atoms with Crippen molar-refractivity contribution in [2.45, 2.75) is 81.0 Å². The number of alkyl halides is 5. The van der Waals surface area contributed by atoms with E-state index in [4.69, 9.17) is 14.2 Å². The number of carbonyl (C=O) groups excluding carboxylic acids is 2. The number of halogens is 5. The van der Waals surface area contributed by atoms with E-state index >= 15 is 0 Å². The third kappa shape index (κ3) is 6.08. The smallest absolute Gasteiger partial charge is 0.382 e. The topological polar surface area (TPSA) is 115 Å². The molecule has 0 bridgehead atoms. The van der Waals surface area contributed by atoms with E-state index in [0.29, 0.717) is 28.2 Å². The lowest BCUT2D eigenvalue weighted by molar-refractivity contribution is -0.150. The highest BCUT2D eigenvalue weighted by Gasteiger charge is 2.49. The molecule has 43 heavy (non-hydrogen) atoms. The fourth-order valence-electron chi connectivity index (χ4n) is 6.20. The zero-order chi connectivity index (χ0) is 30.5. The van der Waals surface area contributed by atoms with Crippen molar-refractivity contribution in [3.63, 3.8) is 0 Å². The van der Waals surface area contributed by atoms with Crippen LogP contribution in [0.15, 0.2) is 29.2 Å². The average molecular weight is 611 g/mol. The Kier molecular flexibility index (Phi) is 7.63. The molecule has 15 heteroatoms. The highest BCUT2D eigenvalue weighted by atomic mass is 19.4. The van der Waals surface area contributed by atoms with Gasteiger partial charge in [-0.15, -0.1) is 0 Å². The molecule has 0 radical (unpaired) electrons. The first-order valence-electron chi connectivity index (χ1n) is 14.3. The van der Waals surface area contributed by atoms with Crippen LogP contribution in [0.3, 0.4) is 0 Å². The SMILES string of the molecule is COC[C@H](c1cnn2cc([C@@H](CC(=O)c3conc3C3CC3)C3CCC(F)(F)CC3)nc2c1)N1C[C@@H](C(F)(F)F)NC1=O. The van der Waals surface area contributed by atoms with Crippen LogP contribution in [0.1, 0.15) is 90.1 Å². The first kappa shape index (κ1) is 29.5. The number of carbonyl (C=O) groups is 2. The maximum atomic E-state index is 14.1. The molecule has 0 aromatic carbocycles. The van der Waals surface area contributed by atoms with E-state index in [1.54, 1.807) is 12.3 Å². The van der Waals surface area contributed by atoms with Crippen LogP contribution in [0.5, 0.6) is 0 Å². The van der Waals surface area contributed by atoms with Gasteiger partial charge < -0.3 is 19.5 Å². The summed E-state index contributed by atoms with van der Waals surface area (Å²) in [5.74, 6) is -3.48. The number of imidazole rings is 1. The Hall–Kier alpha value is -3.62. The Morgan fingerprint density at radius 3 is 2.63 bits per heavy atom. The van der Waals surface area contributed by atoms with Crippen LogP contribution in [0.2, 0.25) is 0 Å². The molecule has 0 spiro atoms. The first-order valence-corrected chi connectivity index (χ1v) is 14.3. The van der Waals surface area contributed by atoms with Crippen molar-refractivity contribution in [3.8, 4) is 0 Å². The zero-order valence-electron chi connectivity index (χ0n) is 23.3. The van der Waals surface area contributed by atoms with Crippen molar-refractivity contribution in [2.24, 2.45) is 5.92 Å². The number of urea groups is 1. The van der Waals surface area contributed by atoms with Gasteiger partial charge in [-0.2, -0.15) is 18.3 Å². The molecule has 3 aromatic rings. The third-order valence-electron chi connectivity index (χ3n) is 8.76. The van der Waals surface area contributed by atoms with E-state index in [1.165, 1.54) is 24.1 Å². The predicted molar refractivity (Wildman–Crippen MR) is 140 cm³/mol. The summed E-state index contributed by atoms with van der Waals surface area (Å²) < 4.78 is 79.8. The lowest BCUT2D eigenvalue weighted by atomic mass is 9.75. The summed E-state index contributed by atoms with van der Waals surface area (Å²) in [6, 6.07) is -2.16. The minimum Gasteiger partial charge on any atom is -0.382 e. The number of amides is 2. The van der Waals surface area contributed by atoms with Crippen molar-refractivity contribution in [2.75, 3.05) is 20.3 Å². The van der Waals surface area contributed by atoms with Gasteiger partial charge in [0, 0.05) is 43.8 Å². The average Bonchev–Trinajstić information content (AvgIpc) is 3.33. The Labute approximate surface area is 242 Å². The number of nitrogens with one attached hydrogen (secondary N) is 1. The molecule has 1 saturated heterocycles. The monoisotopic (exact) mass is 610 g/mol. The third-order valence-corrected chi connectivity index (χ3v) is 8.76. The lowest BCUT2D eigenvalue weighted by Gasteiger charge is -2.32. The molecule has 0 unspecified atom stereocenters. The molecule has 3 atom stereocenters. The molecular formula is C28H31F5N6O4. The fraction of sp³-hybridized carbons (Fsp3) is 0.607. The Balaban J connectivity index is 1.29. The van der Waals surface area contributed by atoms with Gasteiger partial charge in [-0.05, 0) is 37.7 Å². The highest BCUT2D eigenvalue weighted by molar-refractivity contribution is 5.97. The van der Waals surface area contributed by atoms with Gasteiger partial charge in [0.15, 0.2) is 11.4 Å². The summed E-state index contributed by atoms with van der Waals surface area (Å²) in [5.41, 5.74) is 2.28. The number of methoxy groups -OCH3 is 1. The van der Waals surface area contributed by atoms with E-state index in [0.717, 1.165) is 17.7 Å². The largest absolute Gasteiger partial charge is 0.410 e. The van der Waals surface area contributed by atoms with Crippen LogP contribution < -0.4 is 5.32 Å².